The van der Waals surface area contributed by atoms with Crippen LogP contribution in [0.3, 0.4) is 0 Å². The van der Waals surface area contributed by atoms with Crippen molar-refractivity contribution in [2.45, 2.75) is 19.8 Å². The Morgan fingerprint density at radius 2 is 2.18 bits per heavy atom. The molecule has 3 rings (SSSR count). The molecule has 0 aliphatic heterocycles. The minimum Gasteiger partial charge on any atom is -0.462 e. The molecule has 0 spiro atoms. The number of alkyl halides is 1. The van der Waals surface area contributed by atoms with Crippen molar-refractivity contribution in [1.29, 1.82) is 0 Å². The third kappa shape index (κ3) is 2.33. The van der Waals surface area contributed by atoms with Crippen LogP contribution in [0.15, 0.2) is 35.3 Å². The predicted octanol–water partition coefficient (Wildman–Crippen LogP) is 3.24. The zero-order chi connectivity index (χ0) is 15.7. The van der Waals surface area contributed by atoms with Gasteiger partial charge in [-0.2, -0.15) is 0 Å². The van der Waals surface area contributed by atoms with Crippen molar-refractivity contribution in [3.63, 3.8) is 0 Å². The smallest absolute Gasteiger partial charge is 0.343 e. The Balaban J connectivity index is 2.29. The van der Waals surface area contributed by atoms with Gasteiger partial charge in [-0.05, 0) is 31.9 Å². The van der Waals surface area contributed by atoms with E-state index in [9.17, 15) is 9.59 Å². The number of rotatable bonds is 5. The molecule has 0 unspecified atom stereocenters. The van der Waals surface area contributed by atoms with E-state index in [0.717, 1.165) is 29.4 Å². The normalized spacial score (nSPS) is 11.4. The highest BCUT2D eigenvalue weighted by Gasteiger charge is 2.18. The van der Waals surface area contributed by atoms with E-state index in [2.05, 4.69) is 0 Å². The Kier molecular flexibility index (Phi) is 4.03. The summed E-state index contributed by atoms with van der Waals surface area (Å²) in [6.07, 6.45) is 3.22. The quantitative estimate of drug-likeness (QED) is 0.536. The first-order valence-electron chi connectivity index (χ1n) is 7.29. The van der Waals surface area contributed by atoms with Gasteiger partial charge in [0.25, 0.3) is 0 Å². The highest BCUT2D eigenvalue weighted by molar-refractivity contribution is 6.17. The van der Waals surface area contributed by atoms with Crippen LogP contribution in [0, 0.1) is 0 Å². The number of hydrogen-bond donors (Lipinski definition) is 0. The molecule has 2 heterocycles. The molecule has 0 fully saturated rings. The van der Waals surface area contributed by atoms with Crippen molar-refractivity contribution in [2.75, 3.05) is 12.5 Å². The number of aromatic nitrogens is 1. The number of nitrogens with zero attached hydrogens (tertiary/aromatic N) is 1. The zero-order valence-electron chi connectivity index (χ0n) is 12.3. The Bertz CT molecular complexity index is 884. The van der Waals surface area contributed by atoms with Crippen LogP contribution in [-0.2, 0) is 11.2 Å². The molecular weight excluding hydrogens is 302 g/mol. The van der Waals surface area contributed by atoms with Crippen molar-refractivity contribution in [1.82, 2.24) is 4.40 Å². The second kappa shape index (κ2) is 5.97. The molecule has 0 amide bonds. The third-order valence-electron chi connectivity index (χ3n) is 3.75. The first-order valence-corrected chi connectivity index (χ1v) is 7.83. The highest BCUT2D eigenvalue weighted by Crippen LogP contribution is 2.24. The fourth-order valence-electron chi connectivity index (χ4n) is 2.80. The maximum atomic E-state index is 12.5. The summed E-state index contributed by atoms with van der Waals surface area (Å²) in [5, 5.41) is 1.54. The summed E-state index contributed by atoms with van der Waals surface area (Å²) >= 11 is 5.78. The van der Waals surface area contributed by atoms with Crippen LogP contribution in [0.5, 0.6) is 0 Å². The number of para-hydroxylation sites is 1. The monoisotopic (exact) mass is 317 g/mol. The summed E-state index contributed by atoms with van der Waals surface area (Å²) in [5.41, 5.74) is 1.69. The van der Waals surface area contributed by atoms with Crippen molar-refractivity contribution in [3.05, 3.63) is 51.9 Å². The van der Waals surface area contributed by atoms with E-state index >= 15 is 0 Å². The van der Waals surface area contributed by atoms with Gasteiger partial charge in [-0.3, -0.25) is 4.79 Å². The van der Waals surface area contributed by atoms with Gasteiger partial charge in [0, 0.05) is 28.5 Å². The van der Waals surface area contributed by atoms with Gasteiger partial charge in [0.15, 0.2) is 0 Å². The molecule has 1 aromatic carbocycles. The largest absolute Gasteiger partial charge is 0.462 e. The predicted molar refractivity (Wildman–Crippen MR) is 87.4 cm³/mol. The summed E-state index contributed by atoms with van der Waals surface area (Å²) in [4.78, 5) is 24.6. The molecule has 3 aromatic rings. The maximum absolute atomic E-state index is 12.5. The molecule has 22 heavy (non-hydrogen) atoms. The lowest BCUT2D eigenvalue weighted by atomic mass is 10.1. The molecule has 0 saturated carbocycles. The number of esters is 1. The minimum atomic E-state index is -0.577. The van der Waals surface area contributed by atoms with Crippen molar-refractivity contribution in [3.8, 4) is 0 Å². The van der Waals surface area contributed by atoms with Gasteiger partial charge in [-0.25, -0.2) is 4.79 Å². The van der Waals surface area contributed by atoms with E-state index in [-0.39, 0.29) is 17.6 Å². The number of aryl methyl sites for hydroxylation is 1. The number of benzene rings is 1. The SMILES string of the molecule is CCOC(=O)c1cn2c(CCCCl)cc3cccc(c1=O)c32. The minimum absolute atomic E-state index is 0.0742. The van der Waals surface area contributed by atoms with E-state index in [4.69, 9.17) is 16.3 Å². The van der Waals surface area contributed by atoms with E-state index in [0.29, 0.717) is 11.3 Å². The Morgan fingerprint density at radius 1 is 1.36 bits per heavy atom. The van der Waals surface area contributed by atoms with Crippen LogP contribution < -0.4 is 5.43 Å². The van der Waals surface area contributed by atoms with Gasteiger partial charge in [-0.1, -0.05) is 12.1 Å². The molecule has 0 aliphatic rings. The summed E-state index contributed by atoms with van der Waals surface area (Å²) in [6.45, 7) is 1.96. The lowest BCUT2D eigenvalue weighted by molar-refractivity contribution is 0.0524. The fourth-order valence-corrected chi connectivity index (χ4v) is 2.93. The molecule has 0 aliphatic carbocycles. The van der Waals surface area contributed by atoms with Crippen molar-refractivity contribution >= 4 is 33.9 Å². The van der Waals surface area contributed by atoms with E-state index in [1.807, 2.05) is 22.6 Å². The number of carbonyl (C=O) groups is 1. The van der Waals surface area contributed by atoms with E-state index in [1.165, 1.54) is 0 Å². The highest BCUT2D eigenvalue weighted by atomic mass is 35.5. The maximum Gasteiger partial charge on any atom is 0.343 e. The average molecular weight is 318 g/mol. The lowest BCUT2D eigenvalue weighted by Gasteiger charge is -2.07. The molecular formula is C17H16ClNO3. The average Bonchev–Trinajstić information content (AvgIpc) is 2.87. The van der Waals surface area contributed by atoms with Crippen LogP contribution in [0.1, 0.15) is 29.4 Å². The first kappa shape index (κ1) is 14.9. The summed E-state index contributed by atoms with van der Waals surface area (Å²) < 4.78 is 6.92. The molecule has 114 valence electrons. The zero-order valence-corrected chi connectivity index (χ0v) is 13.0. The number of ether oxygens (including phenoxy) is 1. The molecule has 0 N–H and O–H groups in total. The standard InChI is InChI=1S/C17H16ClNO3/c1-2-22-17(21)14-10-19-12(6-4-8-18)9-11-5-3-7-13(15(11)19)16(14)20/h3,5,7,9-10H,2,4,6,8H2,1H3. The van der Waals surface area contributed by atoms with Gasteiger partial charge in [0.05, 0.1) is 12.1 Å². The van der Waals surface area contributed by atoms with Gasteiger partial charge in [0.1, 0.15) is 5.56 Å². The van der Waals surface area contributed by atoms with Crippen LogP contribution in [-0.4, -0.2) is 22.9 Å². The van der Waals surface area contributed by atoms with Crippen molar-refractivity contribution in [2.24, 2.45) is 0 Å². The summed E-state index contributed by atoms with van der Waals surface area (Å²) in [5.74, 6) is -0.00553. The Morgan fingerprint density at radius 3 is 2.91 bits per heavy atom. The van der Waals surface area contributed by atoms with Gasteiger partial charge in [-0.15, -0.1) is 11.6 Å². The second-order valence-electron chi connectivity index (χ2n) is 5.13. The summed E-state index contributed by atoms with van der Waals surface area (Å²) in [7, 11) is 0. The van der Waals surface area contributed by atoms with Gasteiger partial charge in [0.2, 0.25) is 5.43 Å². The molecule has 0 bridgehead atoms. The summed E-state index contributed by atoms with van der Waals surface area (Å²) in [6, 6.07) is 7.59. The number of halogens is 1. The molecule has 4 nitrogen and oxygen atoms in total. The third-order valence-corrected chi connectivity index (χ3v) is 4.02. The molecule has 0 radical (unpaired) electrons. The Hall–Kier alpha value is -2.07. The second-order valence-corrected chi connectivity index (χ2v) is 5.51. The Labute approximate surface area is 132 Å². The van der Waals surface area contributed by atoms with Crippen LogP contribution >= 0.6 is 11.6 Å². The van der Waals surface area contributed by atoms with Gasteiger partial charge < -0.3 is 9.14 Å². The van der Waals surface area contributed by atoms with E-state index < -0.39 is 5.97 Å². The lowest BCUT2D eigenvalue weighted by Crippen LogP contribution is -2.19. The van der Waals surface area contributed by atoms with Crippen LogP contribution in [0.25, 0.3) is 16.3 Å². The van der Waals surface area contributed by atoms with Crippen LogP contribution in [0.2, 0.25) is 0 Å². The molecule has 0 atom stereocenters. The first-order chi connectivity index (χ1) is 10.7. The van der Waals surface area contributed by atoms with Crippen LogP contribution in [0.4, 0.5) is 0 Å². The number of carbonyl (C=O) groups excluding carboxylic acids is 1. The molecule has 5 heteroatoms. The van der Waals surface area contributed by atoms with Crippen molar-refractivity contribution < 1.29 is 9.53 Å². The molecule has 2 aromatic heterocycles. The van der Waals surface area contributed by atoms with E-state index in [1.54, 1.807) is 19.2 Å². The van der Waals surface area contributed by atoms with Gasteiger partial charge >= 0.3 is 5.97 Å². The topological polar surface area (TPSA) is 47.8 Å². The fraction of sp³-hybridized carbons (Fsp3) is 0.294. The number of hydrogen-bond acceptors (Lipinski definition) is 3. The molecule has 0 saturated heterocycles. The number of pyridine rings is 1.